The molecule has 3 atom stereocenters. The van der Waals surface area contributed by atoms with Crippen molar-refractivity contribution in [1.29, 1.82) is 0 Å². The van der Waals surface area contributed by atoms with Gasteiger partial charge in [-0.1, -0.05) is 35.7 Å². The second-order valence-corrected chi connectivity index (χ2v) is 6.93. The van der Waals surface area contributed by atoms with Crippen LogP contribution in [-0.4, -0.2) is 11.9 Å². The quantitative estimate of drug-likeness (QED) is 0.885. The molecule has 2 bridgehead atoms. The standard InChI is InChI=1S/C16H19Cl2NO/c17-13-5-3-11(14(18)9-13)4-6-16(20)19-15-8-10-1-2-12(15)7-10/h3,5,9-10,12,15H,1-2,4,6-8H2,(H,19,20)/t10-,12-,15+/m0/s1. The summed E-state index contributed by atoms with van der Waals surface area (Å²) in [6, 6.07) is 5.86. The largest absolute Gasteiger partial charge is 0.353 e. The maximum Gasteiger partial charge on any atom is 0.220 e. The average molecular weight is 312 g/mol. The van der Waals surface area contributed by atoms with Gasteiger partial charge in [0.2, 0.25) is 5.91 Å². The van der Waals surface area contributed by atoms with Gasteiger partial charge in [-0.25, -0.2) is 0 Å². The molecule has 0 aromatic heterocycles. The van der Waals surface area contributed by atoms with Crippen LogP contribution in [-0.2, 0) is 11.2 Å². The Morgan fingerprint density at radius 3 is 2.75 bits per heavy atom. The van der Waals surface area contributed by atoms with Gasteiger partial charge in [-0.2, -0.15) is 0 Å². The van der Waals surface area contributed by atoms with E-state index in [-0.39, 0.29) is 5.91 Å². The van der Waals surface area contributed by atoms with E-state index < -0.39 is 0 Å². The fourth-order valence-electron chi connectivity index (χ4n) is 3.67. The van der Waals surface area contributed by atoms with Crippen molar-refractivity contribution in [1.82, 2.24) is 5.32 Å². The Morgan fingerprint density at radius 1 is 1.25 bits per heavy atom. The Labute approximate surface area is 129 Å². The number of hydrogen-bond acceptors (Lipinski definition) is 1. The molecule has 1 N–H and O–H groups in total. The highest BCUT2D eigenvalue weighted by Gasteiger charge is 2.39. The van der Waals surface area contributed by atoms with Gasteiger partial charge in [0.05, 0.1) is 0 Å². The summed E-state index contributed by atoms with van der Waals surface area (Å²) in [5.74, 6) is 1.73. The molecular formula is C16H19Cl2NO. The molecule has 2 nitrogen and oxygen atoms in total. The van der Waals surface area contributed by atoms with Crippen molar-refractivity contribution >= 4 is 29.1 Å². The number of aryl methyl sites for hydroxylation is 1. The average Bonchev–Trinajstić information content (AvgIpc) is 3.00. The predicted molar refractivity (Wildman–Crippen MR) is 82.2 cm³/mol. The van der Waals surface area contributed by atoms with Gasteiger partial charge in [0.25, 0.3) is 0 Å². The second-order valence-electron chi connectivity index (χ2n) is 6.08. The number of amides is 1. The van der Waals surface area contributed by atoms with Gasteiger partial charge in [0.1, 0.15) is 0 Å². The summed E-state index contributed by atoms with van der Waals surface area (Å²) in [6.45, 7) is 0. The molecule has 0 heterocycles. The SMILES string of the molecule is O=C(CCc1ccc(Cl)cc1Cl)N[C@@H]1C[C@H]2CC[C@H]1C2. The highest BCUT2D eigenvalue weighted by molar-refractivity contribution is 6.35. The molecule has 3 rings (SSSR count). The number of carbonyl (C=O) groups is 1. The number of rotatable bonds is 4. The van der Waals surface area contributed by atoms with Crippen LogP contribution in [0.15, 0.2) is 18.2 Å². The summed E-state index contributed by atoms with van der Waals surface area (Å²) in [5, 5.41) is 4.48. The lowest BCUT2D eigenvalue weighted by Gasteiger charge is -2.22. The molecule has 2 saturated carbocycles. The van der Waals surface area contributed by atoms with Gasteiger partial charge in [0.15, 0.2) is 0 Å². The Hall–Kier alpha value is -0.730. The Morgan fingerprint density at radius 2 is 2.10 bits per heavy atom. The summed E-state index contributed by atoms with van der Waals surface area (Å²) < 4.78 is 0. The van der Waals surface area contributed by atoms with E-state index in [1.54, 1.807) is 6.07 Å². The molecule has 0 spiro atoms. The van der Waals surface area contributed by atoms with Crippen molar-refractivity contribution in [3.05, 3.63) is 33.8 Å². The first kappa shape index (κ1) is 14.2. The topological polar surface area (TPSA) is 29.1 Å². The first-order valence-corrected chi connectivity index (χ1v) is 8.10. The van der Waals surface area contributed by atoms with Gasteiger partial charge >= 0.3 is 0 Å². The number of nitrogens with one attached hydrogen (secondary N) is 1. The van der Waals surface area contributed by atoms with Crippen molar-refractivity contribution in [2.75, 3.05) is 0 Å². The van der Waals surface area contributed by atoms with E-state index in [2.05, 4.69) is 5.32 Å². The molecule has 1 amide bonds. The molecule has 2 aliphatic carbocycles. The fraction of sp³-hybridized carbons (Fsp3) is 0.562. The van der Waals surface area contributed by atoms with Crippen LogP contribution in [0, 0.1) is 11.8 Å². The predicted octanol–water partition coefficient (Wildman–Crippen LogP) is 4.23. The Bertz CT molecular complexity index is 517. The Kier molecular flexibility index (Phi) is 4.23. The van der Waals surface area contributed by atoms with Crippen LogP contribution < -0.4 is 5.32 Å². The van der Waals surface area contributed by atoms with Gasteiger partial charge in [-0.3, -0.25) is 4.79 Å². The van der Waals surface area contributed by atoms with Crippen LogP contribution >= 0.6 is 23.2 Å². The summed E-state index contributed by atoms with van der Waals surface area (Å²) in [6.07, 6.45) is 6.31. The van der Waals surface area contributed by atoms with Crippen molar-refractivity contribution in [3.63, 3.8) is 0 Å². The number of hydrogen-bond donors (Lipinski definition) is 1. The van der Waals surface area contributed by atoms with Crippen LogP contribution in [0.3, 0.4) is 0 Å². The van der Waals surface area contributed by atoms with Crippen molar-refractivity contribution in [3.8, 4) is 0 Å². The molecule has 20 heavy (non-hydrogen) atoms. The van der Waals surface area contributed by atoms with E-state index in [4.69, 9.17) is 23.2 Å². The van der Waals surface area contributed by atoms with Gasteiger partial charge in [-0.15, -0.1) is 0 Å². The third kappa shape index (κ3) is 3.12. The molecule has 0 saturated heterocycles. The zero-order chi connectivity index (χ0) is 14.1. The number of benzene rings is 1. The lowest BCUT2D eigenvalue weighted by molar-refractivity contribution is -0.122. The Balaban J connectivity index is 1.49. The smallest absolute Gasteiger partial charge is 0.220 e. The van der Waals surface area contributed by atoms with Crippen LogP contribution in [0.5, 0.6) is 0 Å². The maximum absolute atomic E-state index is 12.0. The first-order chi connectivity index (χ1) is 9.61. The summed E-state index contributed by atoms with van der Waals surface area (Å²) in [5.41, 5.74) is 0.985. The number of halogens is 2. The molecule has 0 aliphatic heterocycles. The molecule has 1 aromatic carbocycles. The van der Waals surface area contributed by atoms with Crippen molar-refractivity contribution < 1.29 is 4.79 Å². The summed E-state index contributed by atoms with van der Waals surface area (Å²) in [7, 11) is 0. The summed E-state index contributed by atoms with van der Waals surface area (Å²) >= 11 is 12.0. The van der Waals surface area contributed by atoms with Crippen LogP contribution in [0.25, 0.3) is 0 Å². The third-order valence-corrected chi connectivity index (χ3v) is 5.31. The number of carbonyl (C=O) groups excluding carboxylic acids is 1. The zero-order valence-electron chi connectivity index (χ0n) is 11.4. The van der Waals surface area contributed by atoms with E-state index in [0.717, 1.165) is 17.4 Å². The molecular weight excluding hydrogens is 293 g/mol. The molecule has 1 aromatic rings. The summed E-state index contributed by atoms with van der Waals surface area (Å²) in [4.78, 5) is 12.0. The molecule has 4 heteroatoms. The van der Waals surface area contributed by atoms with Crippen LogP contribution in [0.2, 0.25) is 10.0 Å². The molecule has 0 unspecified atom stereocenters. The molecule has 0 radical (unpaired) electrons. The zero-order valence-corrected chi connectivity index (χ0v) is 12.9. The van der Waals surface area contributed by atoms with Gasteiger partial charge in [-0.05, 0) is 55.2 Å². The molecule has 108 valence electrons. The lowest BCUT2D eigenvalue weighted by Crippen LogP contribution is -2.38. The van der Waals surface area contributed by atoms with E-state index in [9.17, 15) is 4.79 Å². The van der Waals surface area contributed by atoms with E-state index in [1.165, 1.54) is 25.7 Å². The van der Waals surface area contributed by atoms with Crippen LogP contribution in [0.4, 0.5) is 0 Å². The minimum atomic E-state index is 0.147. The number of fused-ring (bicyclic) bond motifs is 2. The maximum atomic E-state index is 12.0. The second kappa shape index (κ2) is 5.95. The van der Waals surface area contributed by atoms with Crippen molar-refractivity contribution in [2.24, 2.45) is 11.8 Å². The van der Waals surface area contributed by atoms with Crippen molar-refractivity contribution in [2.45, 2.75) is 44.6 Å². The van der Waals surface area contributed by atoms with Gasteiger partial charge in [0, 0.05) is 22.5 Å². The van der Waals surface area contributed by atoms with Crippen LogP contribution in [0.1, 0.15) is 37.7 Å². The minimum Gasteiger partial charge on any atom is -0.353 e. The monoisotopic (exact) mass is 311 g/mol. The first-order valence-electron chi connectivity index (χ1n) is 7.35. The molecule has 2 fully saturated rings. The highest BCUT2D eigenvalue weighted by atomic mass is 35.5. The third-order valence-electron chi connectivity index (χ3n) is 4.72. The van der Waals surface area contributed by atoms with Gasteiger partial charge < -0.3 is 5.32 Å². The minimum absolute atomic E-state index is 0.147. The highest BCUT2D eigenvalue weighted by Crippen LogP contribution is 2.44. The normalized spacial score (nSPS) is 27.8. The van der Waals surface area contributed by atoms with E-state index in [0.29, 0.717) is 28.9 Å². The fourth-order valence-corrected chi connectivity index (χ4v) is 4.18. The van der Waals surface area contributed by atoms with E-state index in [1.807, 2.05) is 12.1 Å². The van der Waals surface area contributed by atoms with E-state index >= 15 is 0 Å². The lowest BCUT2D eigenvalue weighted by atomic mass is 9.95. The molecule has 2 aliphatic rings.